The first kappa shape index (κ1) is 11.3. The minimum absolute atomic E-state index is 0.0883. The molecule has 0 radical (unpaired) electrons. The summed E-state index contributed by atoms with van der Waals surface area (Å²) in [6.45, 7) is 0. The molecule has 14 heavy (non-hydrogen) atoms. The van der Waals surface area contributed by atoms with E-state index in [1.54, 1.807) is 6.07 Å². The van der Waals surface area contributed by atoms with E-state index in [1.165, 1.54) is 12.1 Å². The van der Waals surface area contributed by atoms with Gasteiger partial charge in [0.05, 0.1) is 15.0 Å². The Morgan fingerprint density at radius 3 is 2.79 bits per heavy atom. The number of nitrogens with zero attached hydrogens (tertiary/aromatic N) is 1. The zero-order valence-corrected chi connectivity index (χ0v) is 9.83. The van der Waals surface area contributed by atoms with Gasteiger partial charge in [-0.1, -0.05) is 0 Å². The highest BCUT2D eigenvalue weighted by molar-refractivity contribution is 14.1. The maximum absolute atomic E-state index is 11.2. The van der Waals surface area contributed by atoms with Gasteiger partial charge in [0.1, 0.15) is 11.8 Å². The molecule has 0 saturated carbocycles. The number of phenols is 1. The van der Waals surface area contributed by atoms with Gasteiger partial charge in [-0.25, -0.2) is 0 Å². The number of ketones is 1. The number of nitriles is 1. The highest BCUT2D eigenvalue weighted by atomic mass is 127. The molecule has 1 aromatic rings. The Morgan fingerprint density at radius 1 is 1.64 bits per heavy atom. The second-order valence-corrected chi connectivity index (χ2v) is 3.95. The Bertz CT molecular complexity index is 426. The molecule has 0 aliphatic carbocycles. The smallest absolute Gasteiger partial charge is 0.177 e. The number of benzene rings is 1. The molecule has 1 N–H and O–H groups in total. The van der Waals surface area contributed by atoms with Gasteiger partial charge in [-0.05, 0) is 34.7 Å². The van der Waals surface area contributed by atoms with Crippen molar-refractivity contribution in [3.63, 3.8) is 0 Å². The van der Waals surface area contributed by atoms with Crippen molar-refractivity contribution < 1.29 is 9.90 Å². The monoisotopic (exact) mass is 321 g/mol. The van der Waals surface area contributed by atoms with Gasteiger partial charge in [0.2, 0.25) is 0 Å². The van der Waals surface area contributed by atoms with Gasteiger partial charge in [-0.2, -0.15) is 5.26 Å². The van der Waals surface area contributed by atoms with Crippen LogP contribution in [0.5, 0.6) is 5.75 Å². The Morgan fingerprint density at radius 2 is 2.29 bits per heavy atom. The van der Waals surface area contributed by atoms with Crippen LogP contribution in [-0.4, -0.2) is 16.8 Å². The number of alkyl halides is 1. The molecule has 0 unspecified atom stereocenters. The topological polar surface area (TPSA) is 61.1 Å². The van der Waals surface area contributed by atoms with E-state index < -0.39 is 0 Å². The second kappa shape index (κ2) is 4.62. The zero-order valence-electron chi connectivity index (χ0n) is 6.92. The fourth-order valence-electron chi connectivity index (χ4n) is 0.922. The fraction of sp³-hybridized carbons (Fsp3) is 0.111. The van der Waals surface area contributed by atoms with Gasteiger partial charge >= 0.3 is 0 Å². The zero-order chi connectivity index (χ0) is 10.7. The Hall–Kier alpha value is -0.800. The van der Waals surface area contributed by atoms with Crippen LogP contribution in [0.25, 0.3) is 0 Å². The lowest BCUT2D eigenvalue weighted by Crippen LogP contribution is -2.01. The molecule has 0 atom stereocenters. The number of rotatable bonds is 2. The van der Waals surface area contributed by atoms with E-state index in [0.717, 1.165) is 0 Å². The summed E-state index contributed by atoms with van der Waals surface area (Å²) < 4.78 is 0.468. The van der Waals surface area contributed by atoms with Crippen molar-refractivity contribution in [2.45, 2.75) is 0 Å². The first-order valence-electron chi connectivity index (χ1n) is 3.62. The van der Waals surface area contributed by atoms with Gasteiger partial charge in [0.15, 0.2) is 5.78 Å². The number of carbonyl (C=O) groups is 1. The minimum Gasteiger partial charge on any atom is -0.505 e. The number of aromatic hydroxyl groups is 1. The molecule has 0 amide bonds. The van der Waals surface area contributed by atoms with Crippen LogP contribution in [0.1, 0.15) is 15.9 Å². The number of halogens is 2. The molecule has 0 fully saturated rings. The molecule has 0 bridgehead atoms. The Labute approximate surface area is 99.4 Å². The van der Waals surface area contributed by atoms with Crippen LogP contribution < -0.4 is 0 Å². The van der Waals surface area contributed by atoms with Crippen molar-refractivity contribution in [1.29, 1.82) is 5.26 Å². The normalized spacial score (nSPS) is 9.50. The molecule has 0 saturated heterocycles. The number of hydrogen-bond donors (Lipinski definition) is 1. The second-order valence-electron chi connectivity index (χ2n) is 2.52. The molecule has 0 aliphatic rings. The first-order valence-corrected chi connectivity index (χ1v) is 5.23. The van der Waals surface area contributed by atoms with Crippen LogP contribution in [0.3, 0.4) is 0 Å². The van der Waals surface area contributed by atoms with Crippen molar-refractivity contribution >= 4 is 40.0 Å². The van der Waals surface area contributed by atoms with Crippen LogP contribution in [-0.2, 0) is 0 Å². The van der Waals surface area contributed by atoms with E-state index in [-0.39, 0.29) is 23.0 Å². The lowest BCUT2D eigenvalue weighted by molar-refractivity contribution is 0.102. The number of hydrogen-bond acceptors (Lipinski definition) is 3. The number of Topliss-reactive ketones (excluding diaryl/α,β-unsaturated/α-hetero) is 1. The lowest BCUT2D eigenvalue weighted by atomic mass is 10.1. The third kappa shape index (κ3) is 2.16. The molecule has 0 spiro atoms. The van der Waals surface area contributed by atoms with Crippen molar-refractivity contribution in [1.82, 2.24) is 0 Å². The summed E-state index contributed by atoms with van der Waals surface area (Å²) in [5.74, 6) is -0.494. The average Bonchev–Trinajstić information content (AvgIpc) is 2.20. The maximum atomic E-state index is 11.2. The van der Waals surface area contributed by atoms with E-state index >= 15 is 0 Å². The molecular weight excluding hydrogens is 316 g/mol. The summed E-state index contributed by atoms with van der Waals surface area (Å²) >= 11 is 7.23. The molecule has 72 valence electrons. The van der Waals surface area contributed by atoms with Crippen molar-refractivity contribution in [2.75, 3.05) is 5.88 Å². The van der Waals surface area contributed by atoms with Crippen LogP contribution in [0.15, 0.2) is 12.1 Å². The predicted molar refractivity (Wildman–Crippen MR) is 60.6 cm³/mol. The molecule has 5 heteroatoms. The van der Waals surface area contributed by atoms with Crippen molar-refractivity contribution in [2.24, 2.45) is 0 Å². The maximum Gasteiger partial charge on any atom is 0.177 e. The van der Waals surface area contributed by atoms with Crippen LogP contribution in [0, 0.1) is 14.9 Å². The summed E-state index contributed by atoms with van der Waals surface area (Å²) in [6, 6.07) is 4.64. The highest BCUT2D eigenvalue weighted by Crippen LogP contribution is 2.25. The highest BCUT2D eigenvalue weighted by Gasteiger charge is 2.11. The third-order valence-corrected chi connectivity index (χ3v) is 2.69. The molecule has 3 nitrogen and oxygen atoms in total. The Kier molecular flexibility index (Phi) is 3.72. The number of phenolic OH excluding ortho intramolecular Hbond substituents is 1. The molecule has 0 heterocycles. The van der Waals surface area contributed by atoms with Gasteiger partial charge in [-0.15, -0.1) is 11.6 Å². The van der Waals surface area contributed by atoms with Gasteiger partial charge in [0, 0.05) is 5.56 Å². The largest absolute Gasteiger partial charge is 0.505 e. The quantitative estimate of drug-likeness (QED) is 0.516. The van der Waals surface area contributed by atoms with Crippen LogP contribution in [0.2, 0.25) is 0 Å². The van der Waals surface area contributed by atoms with Crippen LogP contribution in [0.4, 0.5) is 0 Å². The predicted octanol–water partition coefficient (Wildman–Crippen LogP) is 2.29. The molecule has 0 aromatic heterocycles. The summed E-state index contributed by atoms with van der Waals surface area (Å²) in [5.41, 5.74) is 0.434. The lowest BCUT2D eigenvalue weighted by Gasteiger charge is -2.02. The first-order chi connectivity index (χ1) is 6.60. The van der Waals surface area contributed by atoms with E-state index in [1.807, 2.05) is 22.6 Å². The molecular formula is C9H5ClINO2. The molecule has 0 aliphatic heterocycles. The summed E-state index contributed by atoms with van der Waals surface area (Å²) in [4.78, 5) is 11.2. The van der Waals surface area contributed by atoms with Crippen LogP contribution >= 0.6 is 34.2 Å². The van der Waals surface area contributed by atoms with Gasteiger partial charge in [0.25, 0.3) is 0 Å². The summed E-state index contributed by atoms with van der Waals surface area (Å²) in [7, 11) is 0. The fourth-order valence-corrected chi connectivity index (χ4v) is 1.70. The van der Waals surface area contributed by atoms with Gasteiger partial charge in [-0.3, -0.25) is 4.79 Å². The summed E-state index contributed by atoms with van der Waals surface area (Å²) in [5, 5.41) is 18.1. The Balaban J connectivity index is 3.32. The third-order valence-electron chi connectivity index (χ3n) is 1.63. The van der Waals surface area contributed by atoms with E-state index in [4.69, 9.17) is 16.9 Å². The minimum atomic E-state index is -0.263. The summed E-state index contributed by atoms with van der Waals surface area (Å²) in [6.07, 6.45) is 0. The van der Waals surface area contributed by atoms with E-state index in [9.17, 15) is 9.90 Å². The molecule has 1 aromatic carbocycles. The van der Waals surface area contributed by atoms with E-state index in [0.29, 0.717) is 9.13 Å². The standard InChI is InChI=1S/C9H5ClINO2/c10-3-8(13)5-1-6(4-12)9(14)7(11)2-5/h1-2,14H,3H2. The average molecular weight is 322 g/mol. The molecule has 1 rings (SSSR count). The SMILES string of the molecule is N#Cc1cc(C(=O)CCl)cc(I)c1O. The van der Waals surface area contributed by atoms with Crippen molar-refractivity contribution in [3.8, 4) is 11.8 Å². The number of carbonyl (C=O) groups excluding carboxylic acids is 1. The van der Waals surface area contributed by atoms with Gasteiger partial charge < -0.3 is 5.11 Å². The van der Waals surface area contributed by atoms with Crippen molar-refractivity contribution in [3.05, 3.63) is 26.8 Å². The van der Waals surface area contributed by atoms with E-state index in [2.05, 4.69) is 0 Å².